The van der Waals surface area contributed by atoms with Crippen LogP contribution >= 0.6 is 23.2 Å². The summed E-state index contributed by atoms with van der Waals surface area (Å²) in [5.74, 6) is 0.950. The molecule has 11 heteroatoms. The molecule has 1 aromatic carbocycles. The van der Waals surface area contributed by atoms with Crippen molar-refractivity contribution in [3.05, 3.63) is 64.0 Å². The molecular weight excluding hydrogens is 489 g/mol. The number of rotatable bonds is 6. The molecule has 9 nitrogen and oxygen atoms in total. The predicted octanol–water partition coefficient (Wildman–Crippen LogP) is 3.98. The van der Waals surface area contributed by atoms with Gasteiger partial charge in [0.2, 0.25) is 0 Å². The molecule has 1 spiro atoms. The summed E-state index contributed by atoms with van der Waals surface area (Å²) in [5.41, 5.74) is 2.06. The summed E-state index contributed by atoms with van der Waals surface area (Å²) in [6.07, 6.45) is 5.89. The van der Waals surface area contributed by atoms with Crippen LogP contribution in [-0.2, 0) is 4.74 Å². The van der Waals surface area contributed by atoms with Crippen molar-refractivity contribution in [2.45, 2.75) is 18.6 Å². The fourth-order valence-corrected chi connectivity index (χ4v) is 5.13. The highest BCUT2D eigenvalue weighted by atomic mass is 35.5. The van der Waals surface area contributed by atoms with Crippen LogP contribution in [0.25, 0.3) is 10.9 Å². The lowest BCUT2D eigenvalue weighted by Crippen LogP contribution is -2.74. The number of halogens is 2. The van der Waals surface area contributed by atoms with E-state index in [0.717, 1.165) is 37.1 Å². The average molecular weight is 514 g/mol. The number of allylic oxidation sites excluding steroid dienone is 1. The molecule has 1 atom stereocenters. The number of hydrogen-bond acceptors (Lipinski definition) is 7. The standard InChI is InChI=1S/C24H25Cl2N7O2/c1-14(22-17(25)9-29-10-18(22)26)35-15-2-4-20-16(8-15)23(32-31-20)19(27)3-5-21(28)33-11-24(12-33)13-34-7-6-30-24/h2-5,8-10,14,27-28,30H,6-7,11-13H2,1H3,(H,31,32)/b5-3-,27-19?,28-21?/t14-/m1/s1. The minimum absolute atomic E-state index is 0.0530. The first-order valence-corrected chi connectivity index (χ1v) is 12.0. The van der Waals surface area contributed by atoms with E-state index in [1.165, 1.54) is 12.4 Å². The highest BCUT2D eigenvalue weighted by Gasteiger charge is 2.44. The Bertz CT molecular complexity index is 1290. The first-order valence-electron chi connectivity index (χ1n) is 11.2. The molecule has 0 aliphatic carbocycles. The summed E-state index contributed by atoms with van der Waals surface area (Å²) >= 11 is 12.5. The Morgan fingerprint density at radius 2 is 2.00 bits per heavy atom. The molecule has 0 unspecified atom stereocenters. The van der Waals surface area contributed by atoms with E-state index in [-0.39, 0.29) is 11.3 Å². The van der Waals surface area contributed by atoms with Crippen LogP contribution in [0.4, 0.5) is 0 Å². The lowest BCUT2D eigenvalue weighted by Gasteiger charge is -2.52. The van der Waals surface area contributed by atoms with E-state index in [9.17, 15) is 0 Å². The maximum absolute atomic E-state index is 8.53. The number of aromatic amines is 1. The van der Waals surface area contributed by atoms with Crippen molar-refractivity contribution in [3.63, 3.8) is 0 Å². The summed E-state index contributed by atoms with van der Waals surface area (Å²) in [5, 5.41) is 29.3. The zero-order chi connectivity index (χ0) is 24.6. The second-order valence-electron chi connectivity index (χ2n) is 8.80. The van der Waals surface area contributed by atoms with Crippen LogP contribution in [0.3, 0.4) is 0 Å². The summed E-state index contributed by atoms with van der Waals surface area (Å²) in [7, 11) is 0. The highest BCUT2D eigenvalue weighted by Crippen LogP contribution is 2.33. The molecule has 2 aliphatic rings. The van der Waals surface area contributed by atoms with Gasteiger partial charge in [0.25, 0.3) is 0 Å². The van der Waals surface area contributed by atoms with Crippen molar-refractivity contribution < 1.29 is 9.47 Å². The lowest BCUT2D eigenvalue weighted by molar-refractivity contribution is -0.0328. The quantitative estimate of drug-likeness (QED) is 0.292. The van der Waals surface area contributed by atoms with Crippen molar-refractivity contribution in [1.82, 2.24) is 25.4 Å². The third-order valence-electron chi connectivity index (χ3n) is 6.26. The number of aromatic nitrogens is 3. The fraction of sp³-hybridized carbons (Fsp3) is 0.333. The molecular formula is C24H25Cl2N7O2. The largest absolute Gasteiger partial charge is 0.486 e. The maximum atomic E-state index is 8.53. The van der Waals surface area contributed by atoms with Gasteiger partial charge in [-0.2, -0.15) is 5.10 Å². The molecule has 35 heavy (non-hydrogen) atoms. The maximum Gasteiger partial charge on any atom is 0.124 e. The Kier molecular flexibility index (Phi) is 6.50. The van der Waals surface area contributed by atoms with Gasteiger partial charge in [-0.3, -0.25) is 20.9 Å². The number of ether oxygens (including phenoxy) is 2. The van der Waals surface area contributed by atoms with Gasteiger partial charge in [0.05, 0.1) is 40.0 Å². The summed E-state index contributed by atoms with van der Waals surface area (Å²) in [4.78, 5) is 5.94. The third kappa shape index (κ3) is 4.77. The molecule has 3 aromatic rings. The number of likely N-dealkylation sites (tertiary alicyclic amines) is 1. The van der Waals surface area contributed by atoms with Gasteiger partial charge in [-0.15, -0.1) is 0 Å². The van der Waals surface area contributed by atoms with Crippen molar-refractivity contribution in [2.75, 3.05) is 32.8 Å². The average Bonchev–Trinajstić information content (AvgIpc) is 3.24. The van der Waals surface area contributed by atoms with E-state index >= 15 is 0 Å². The van der Waals surface area contributed by atoms with Gasteiger partial charge >= 0.3 is 0 Å². The summed E-state index contributed by atoms with van der Waals surface area (Å²) < 4.78 is 11.7. The van der Waals surface area contributed by atoms with Crippen LogP contribution in [0.2, 0.25) is 10.0 Å². The molecule has 4 heterocycles. The molecule has 4 N–H and O–H groups in total. The van der Waals surface area contributed by atoms with Crippen molar-refractivity contribution >= 4 is 45.7 Å². The van der Waals surface area contributed by atoms with Crippen LogP contribution in [0.15, 0.2) is 42.7 Å². The molecule has 2 aromatic heterocycles. The minimum Gasteiger partial charge on any atom is -0.486 e. The Hall–Kier alpha value is -2.98. The molecule has 0 amide bonds. The van der Waals surface area contributed by atoms with Gasteiger partial charge < -0.3 is 19.7 Å². The molecule has 0 saturated carbocycles. The van der Waals surface area contributed by atoms with E-state index in [0.29, 0.717) is 39.5 Å². The Morgan fingerprint density at radius 1 is 1.23 bits per heavy atom. The Labute approximate surface area is 212 Å². The van der Waals surface area contributed by atoms with Crippen molar-refractivity contribution in [2.24, 2.45) is 0 Å². The van der Waals surface area contributed by atoms with E-state index < -0.39 is 6.10 Å². The van der Waals surface area contributed by atoms with Gasteiger partial charge in [-0.1, -0.05) is 23.2 Å². The summed E-state index contributed by atoms with van der Waals surface area (Å²) in [6.45, 7) is 5.53. The first-order chi connectivity index (χ1) is 16.8. The van der Waals surface area contributed by atoms with E-state index in [1.54, 1.807) is 12.2 Å². The highest BCUT2D eigenvalue weighted by molar-refractivity contribution is 6.35. The van der Waals surface area contributed by atoms with Crippen LogP contribution < -0.4 is 10.1 Å². The number of fused-ring (bicyclic) bond motifs is 1. The monoisotopic (exact) mass is 513 g/mol. The van der Waals surface area contributed by atoms with Crippen LogP contribution in [-0.4, -0.2) is 70.0 Å². The van der Waals surface area contributed by atoms with Crippen LogP contribution in [0.5, 0.6) is 5.75 Å². The zero-order valence-electron chi connectivity index (χ0n) is 19.1. The number of hydrogen-bond donors (Lipinski definition) is 4. The molecule has 2 fully saturated rings. The number of pyridine rings is 1. The molecule has 0 bridgehead atoms. The van der Waals surface area contributed by atoms with Crippen LogP contribution in [0.1, 0.15) is 24.3 Å². The third-order valence-corrected chi connectivity index (χ3v) is 6.86. The molecule has 0 radical (unpaired) electrons. The second kappa shape index (κ2) is 9.58. The normalized spacial score (nSPS) is 18.1. The van der Waals surface area contributed by atoms with Gasteiger partial charge in [-0.25, -0.2) is 0 Å². The number of amidine groups is 1. The molecule has 2 saturated heterocycles. The smallest absolute Gasteiger partial charge is 0.124 e. The van der Waals surface area contributed by atoms with Crippen molar-refractivity contribution in [1.29, 1.82) is 10.8 Å². The van der Waals surface area contributed by atoms with E-state index in [1.807, 2.05) is 30.0 Å². The number of morpholine rings is 1. The van der Waals surface area contributed by atoms with Gasteiger partial charge in [-0.05, 0) is 37.3 Å². The number of nitrogens with zero attached hydrogens (tertiary/aromatic N) is 3. The summed E-state index contributed by atoms with van der Waals surface area (Å²) in [6, 6.07) is 5.50. The fourth-order valence-electron chi connectivity index (χ4n) is 4.46. The van der Waals surface area contributed by atoms with Gasteiger partial charge in [0.15, 0.2) is 0 Å². The lowest BCUT2D eigenvalue weighted by atomic mass is 9.89. The Balaban J connectivity index is 1.28. The minimum atomic E-state index is -0.408. The topological polar surface area (TPSA) is 123 Å². The van der Waals surface area contributed by atoms with Gasteiger partial charge in [0.1, 0.15) is 23.4 Å². The predicted molar refractivity (Wildman–Crippen MR) is 136 cm³/mol. The first kappa shape index (κ1) is 23.7. The van der Waals surface area contributed by atoms with E-state index in [2.05, 4.69) is 20.5 Å². The van der Waals surface area contributed by atoms with Gasteiger partial charge in [0, 0.05) is 43.0 Å². The number of H-pyrrole nitrogens is 1. The molecule has 5 rings (SSSR count). The number of benzene rings is 1. The molecule has 2 aliphatic heterocycles. The van der Waals surface area contributed by atoms with E-state index in [4.69, 9.17) is 43.5 Å². The SMILES string of the molecule is C[C@@H](Oc1ccc2[nH]nc(C(=N)/C=C\C(=N)N3CC4(COCCN4)C3)c2c1)c1c(Cl)cncc1Cl. The molecule has 182 valence electrons. The second-order valence-corrected chi connectivity index (χ2v) is 9.62. The Morgan fingerprint density at radius 3 is 2.71 bits per heavy atom. The van der Waals surface area contributed by atoms with Crippen LogP contribution in [0, 0.1) is 10.8 Å². The number of nitrogens with one attached hydrogen (secondary N) is 4. The van der Waals surface area contributed by atoms with Crippen molar-refractivity contribution in [3.8, 4) is 5.75 Å². The zero-order valence-corrected chi connectivity index (χ0v) is 20.6.